The molecule has 2 aliphatic rings. The highest BCUT2D eigenvalue weighted by atomic mass is 19.1. The van der Waals surface area contributed by atoms with E-state index in [0.717, 1.165) is 31.0 Å². The van der Waals surface area contributed by atoms with Crippen LogP contribution in [-0.2, 0) is 9.53 Å². The van der Waals surface area contributed by atoms with Crippen molar-refractivity contribution in [2.45, 2.75) is 39.7 Å². The van der Waals surface area contributed by atoms with Gasteiger partial charge in [0.15, 0.2) is 6.40 Å². The van der Waals surface area contributed by atoms with Gasteiger partial charge in [-0.2, -0.15) is 0 Å². The lowest BCUT2D eigenvalue weighted by Crippen LogP contribution is -2.31. The fourth-order valence-electron chi connectivity index (χ4n) is 2.29. The Balaban J connectivity index is 0.000000215. The number of likely N-dealkylation sites (tertiary alicyclic amines) is 1. The first-order valence-electron chi connectivity index (χ1n) is 8.27. The van der Waals surface area contributed by atoms with E-state index < -0.39 is 0 Å². The molecule has 0 aliphatic carbocycles. The van der Waals surface area contributed by atoms with Crippen LogP contribution in [0.2, 0.25) is 0 Å². The Bertz CT molecular complexity index is 460. The predicted octanol–water partition coefficient (Wildman–Crippen LogP) is 3.83. The average Bonchev–Trinajstić information content (AvgIpc) is 3.13. The third-order valence-corrected chi connectivity index (χ3v) is 3.78. The lowest BCUT2D eigenvalue weighted by atomic mass is 10.00. The van der Waals surface area contributed by atoms with Crippen LogP contribution in [-0.4, -0.2) is 37.3 Å². The number of piperidine rings is 1. The SMILES string of the molecule is CC.CC1CCN(C=O)CC1.Fc1ccc(C2CN=CO2)cc1. The first-order chi connectivity index (χ1) is 11.2. The summed E-state index contributed by atoms with van der Waals surface area (Å²) in [6, 6.07) is 6.29. The van der Waals surface area contributed by atoms with Crippen LogP contribution in [0, 0.1) is 11.7 Å². The zero-order valence-corrected chi connectivity index (χ0v) is 14.2. The second-order valence-electron chi connectivity index (χ2n) is 5.47. The molecule has 2 aliphatic heterocycles. The molecule has 1 fully saturated rings. The number of ether oxygens (including phenoxy) is 1. The second kappa shape index (κ2) is 10.8. The standard InChI is InChI=1S/C9H8FNO.C7H13NO.C2H6/c10-8-3-1-7(2-4-8)9-5-11-6-12-9;1-7-2-4-8(6-9)5-3-7;1-2/h1-4,6,9H,5H2;6-7H,2-5H2,1H3;1-2H3. The molecule has 128 valence electrons. The lowest BCUT2D eigenvalue weighted by molar-refractivity contribution is -0.119. The Morgan fingerprint density at radius 3 is 2.30 bits per heavy atom. The van der Waals surface area contributed by atoms with Crippen LogP contribution in [0.3, 0.4) is 0 Å². The zero-order chi connectivity index (χ0) is 17.1. The Morgan fingerprint density at radius 1 is 1.22 bits per heavy atom. The molecule has 5 heteroatoms. The maximum absolute atomic E-state index is 12.5. The van der Waals surface area contributed by atoms with E-state index in [2.05, 4.69) is 11.9 Å². The number of halogens is 1. The lowest BCUT2D eigenvalue weighted by Gasteiger charge is -2.26. The number of rotatable bonds is 2. The van der Waals surface area contributed by atoms with E-state index in [9.17, 15) is 9.18 Å². The van der Waals surface area contributed by atoms with Crippen molar-refractivity contribution in [3.05, 3.63) is 35.6 Å². The van der Waals surface area contributed by atoms with E-state index in [1.165, 1.54) is 31.4 Å². The van der Waals surface area contributed by atoms with Crippen LogP contribution in [0.4, 0.5) is 4.39 Å². The molecular formula is C18H27FN2O2. The highest BCUT2D eigenvalue weighted by molar-refractivity contribution is 5.50. The summed E-state index contributed by atoms with van der Waals surface area (Å²) in [5.41, 5.74) is 0.967. The van der Waals surface area contributed by atoms with Crippen LogP contribution in [0.1, 0.15) is 45.3 Å². The maximum atomic E-state index is 12.5. The number of hydrogen-bond acceptors (Lipinski definition) is 3. The molecule has 1 atom stereocenters. The van der Waals surface area contributed by atoms with Gasteiger partial charge in [-0.05, 0) is 36.5 Å². The quantitative estimate of drug-likeness (QED) is 0.777. The molecule has 1 amide bonds. The van der Waals surface area contributed by atoms with Crippen molar-refractivity contribution in [1.29, 1.82) is 0 Å². The summed E-state index contributed by atoms with van der Waals surface area (Å²) < 4.78 is 17.7. The van der Waals surface area contributed by atoms with Crippen molar-refractivity contribution in [3.8, 4) is 0 Å². The molecule has 0 aromatic heterocycles. The van der Waals surface area contributed by atoms with Crippen LogP contribution in [0.25, 0.3) is 0 Å². The van der Waals surface area contributed by atoms with Gasteiger partial charge in [0.2, 0.25) is 6.41 Å². The number of nitrogens with zero attached hydrogens (tertiary/aromatic N) is 2. The summed E-state index contributed by atoms with van der Waals surface area (Å²) in [7, 11) is 0. The fraction of sp³-hybridized carbons (Fsp3) is 0.556. The minimum Gasteiger partial charge on any atom is -0.474 e. The minimum atomic E-state index is -0.224. The first-order valence-corrected chi connectivity index (χ1v) is 8.27. The van der Waals surface area contributed by atoms with E-state index >= 15 is 0 Å². The number of carbonyl (C=O) groups excluding carboxylic acids is 1. The molecule has 4 nitrogen and oxygen atoms in total. The van der Waals surface area contributed by atoms with E-state index in [1.807, 2.05) is 18.7 Å². The first kappa shape index (κ1) is 19.1. The van der Waals surface area contributed by atoms with Crippen LogP contribution >= 0.6 is 0 Å². The molecule has 23 heavy (non-hydrogen) atoms. The van der Waals surface area contributed by atoms with Crippen molar-refractivity contribution in [2.24, 2.45) is 10.9 Å². The van der Waals surface area contributed by atoms with Crippen molar-refractivity contribution in [1.82, 2.24) is 4.90 Å². The third-order valence-electron chi connectivity index (χ3n) is 3.78. The zero-order valence-electron chi connectivity index (χ0n) is 14.2. The van der Waals surface area contributed by atoms with Crippen molar-refractivity contribution >= 4 is 12.8 Å². The molecule has 2 heterocycles. The summed E-state index contributed by atoms with van der Waals surface area (Å²) in [4.78, 5) is 16.0. The van der Waals surface area contributed by atoms with E-state index in [0.29, 0.717) is 6.54 Å². The molecule has 0 saturated carbocycles. The van der Waals surface area contributed by atoms with Gasteiger partial charge in [0.05, 0.1) is 6.54 Å². The van der Waals surface area contributed by atoms with Crippen molar-refractivity contribution in [3.63, 3.8) is 0 Å². The second-order valence-corrected chi connectivity index (χ2v) is 5.47. The van der Waals surface area contributed by atoms with Crippen LogP contribution in [0.15, 0.2) is 29.3 Å². The third kappa shape index (κ3) is 6.80. The number of aliphatic imine (C=N–C) groups is 1. The molecule has 1 aromatic rings. The summed E-state index contributed by atoms with van der Waals surface area (Å²) in [6.45, 7) is 8.79. The van der Waals surface area contributed by atoms with Crippen molar-refractivity contribution < 1.29 is 13.9 Å². The molecule has 1 saturated heterocycles. The van der Waals surface area contributed by atoms with Gasteiger partial charge < -0.3 is 9.64 Å². The van der Waals surface area contributed by atoms with Crippen molar-refractivity contribution in [2.75, 3.05) is 19.6 Å². The van der Waals surface area contributed by atoms with Gasteiger partial charge in [0.1, 0.15) is 11.9 Å². The van der Waals surface area contributed by atoms with Gasteiger partial charge in [-0.1, -0.05) is 32.9 Å². The fourth-order valence-corrected chi connectivity index (χ4v) is 2.29. The van der Waals surface area contributed by atoms with E-state index in [-0.39, 0.29) is 11.9 Å². The molecule has 0 bridgehead atoms. The van der Waals surface area contributed by atoms with Gasteiger partial charge in [-0.25, -0.2) is 4.39 Å². The van der Waals surface area contributed by atoms with Gasteiger partial charge in [0.25, 0.3) is 0 Å². The highest BCUT2D eigenvalue weighted by Crippen LogP contribution is 2.20. The Kier molecular flexibility index (Phi) is 8.95. The molecule has 0 radical (unpaired) electrons. The molecule has 0 spiro atoms. The molecular weight excluding hydrogens is 295 g/mol. The minimum absolute atomic E-state index is 0.0226. The molecule has 1 aromatic carbocycles. The monoisotopic (exact) mass is 322 g/mol. The van der Waals surface area contributed by atoms with Gasteiger partial charge in [-0.15, -0.1) is 0 Å². The smallest absolute Gasteiger partial charge is 0.209 e. The molecule has 1 unspecified atom stereocenters. The normalized spacial score (nSPS) is 19.8. The highest BCUT2D eigenvalue weighted by Gasteiger charge is 2.14. The topological polar surface area (TPSA) is 41.9 Å². The maximum Gasteiger partial charge on any atom is 0.209 e. The average molecular weight is 322 g/mol. The Morgan fingerprint density at radius 2 is 1.83 bits per heavy atom. The molecule has 0 N–H and O–H groups in total. The summed E-state index contributed by atoms with van der Waals surface area (Å²) in [6.07, 6.45) is 4.72. The number of carbonyl (C=O) groups is 1. The molecule has 3 rings (SSSR count). The number of hydrogen-bond donors (Lipinski definition) is 0. The van der Waals surface area contributed by atoms with Crippen LogP contribution < -0.4 is 0 Å². The largest absolute Gasteiger partial charge is 0.474 e. The predicted molar refractivity (Wildman–Crippen MR) is 91.0 cm³/mol. The van der Waals surface area contributed by atoms with Crippen LogP contribution in [0.5, 0.6) is 0 Å². The Hall–Kier alpha value is -1.91. The summed E-state index contributed by atoms with van der Waals surface area (Å²) in [5, 5.41) is 0. The van der Waals surface area contributed by atoms with Gasteiger partial charge in [-0.3, -0.25) is 9.79 Å². The van der Waals surface area contributed by atoms with E-state index in [1.54, 1.807) is 12.1 Å². The number of benzene rings is 1. The van der Waals surface area contributed by atoms with Gasteiger partial charge in [0, 0.05) is 13.1 Å². The summed E-state index contributed by atoms with van der Waals surface area (Å²) in [5.74, 6) is 0.596. The van der Waals surface area contributed by atoms with Gasteiger partial charge >= 0.3 is 0 Å². The Labute approximate surface area is 138 Å². The van der Waals surface area contributed by atoms with E-state index in [4.69, 9.17) is 4.74 Å². The summed E-state index contributed by atoms with van der Waals surface area (Å²) >= 11 is 0. The number of amides is 1.